The molecule has 196 valence electrons. The molecule has 0 saturated carbocycles. The Hall–Kier alpha value is -1.70. The van der Waals surface area contributed by atoms with Crippen molar-refractivity contribution < 1.29 is 48.6 Å². The van der Waals surface area contributed by atoms with Crippen LogP contribution in [0.4, 0.5) is 55.3 Å². The summed E-state index contributed by atoms with van der Waals surface area (Å²) in [7, 11) is 0. The van der Waals surface area contributed by atoms with E-state index >= 15 is 0 Å². The maximum Gasteiger partial charge on any atom is 0.453 e. The highest BCUT2D eigenvalue weighted by Gasteiger charge is 2.58. The fraction of sp³-hybridized carbons (Fsp3) is 0.333. The van der Waals surface area contributed by atoms with Crippen LogP contribution in [0.3, 0.4) is 0 Å². The zero-order valence-corrected chi connectivity index (χ0v) is 19.4. The number of hydrogen-bond acceptors (Lipinski definition) is 3. The molecule has 0 bridgehead atoms. The number of rotatable bonds is 6. The molecule has 0 aliphatic heterocycles. The second-order valence-corrected chi connectivity index (χ2v) is 8.56. The van der Waals surface area contributed by atoms with E-state index in [0.717, 1.165) is 12.1 Å². The minimum Gasteiger partial charge on any atom is -0.454 e. The lowest BCUT2D eigenvalue weighted by atomic mass is 10.0. The molecule has 2 aromatic rings. The molecule has 0 unspecified atom stereocenters. The van der Waals surface area contributed by atoms with Crippen molar-refractivity contribution in [1.29, 1.82) is 0 Å². The van der Waals surface area contributed by atoms with Crippen LogP contribution in [0.2, 0.25) is 20.1 Å². The fourth-order valence-corrected chi connectivity index (χ4v) is 3.54. The molecule has 0 radical (unpaired) electrons. The van der Waals surface area contributed by atoms with Crippen molar-refractivity contribution in [3.8, 4) is 11.5 Å². The van der Waals surface area contributed by atoms with Gasteiger partial charge in [-0.25, -0.2) is 0 Å². The van der Waals surface area contributed by atoms with E-state index in [1.165, 1.54) is 0 Å². The molecule has 0 spiro atoms. The van der Waals surface area contributed by atoms with Gasteiger partial charge in [0.2, 0.25) is 0 Å². The average Bonchev–Trinajstić information content (AvgIpc) is 2.68. The van der Waals surface area contributed by atoms with Gasteiger partial charge in [0.05, 0.1) is 31.5 Å². The highest BCUT2D eigenvalue weighted by atomic mass is 35.5. The maximum atomic E-state index is 13.6. The van der Waals surface area contributed by atoms with Gasteiger partial charge < -0.3 is 16.2 Å². The third-order valence-electron chi connectivity index (χ3n) is 4.49. The number of ether oxygens (including phenoxy) is 1. The standard InChI is InChI=1S/C18H10Cl4F10N2O/c19-7-1-9(11(21)5(13(7)33)3-15(23,24)17(27,28)29)35-10-2-8(20)14(34)6(12(10)22)4-16(25,26)18(30,31)32/h1-2H,3-4,33-34H2. The van der Waals surface area contributed by atoms with Crippen molar-refractivity contribution in [3.05, 3.63) is 43.4 Å². The first-order chi connectivity index (χ1) is 15.6. The van der Waals surface area contributed by atoms with E-state index in [-0.39, 0.29) is 0 Å². The van der Waals surface area contributed by atoms with Crippen LogP contribution in [-0.2, 0) is 12.8 Å². The summed E-state index contributed by atoms with van der Waals surface area (Å²) in [6, 6.07) is 1.53. The second-order valence-electron chi connectivity index (χ2n) is 6.99. The summed E-state index contributed by atoms with van der Waals surface area (Å²) in [6.07, 6.45) is -16.1. The van der Waals surface area contributed by atoms with Gasteiger partial charge in [0.25, 0.3) is 0 Å². The van der Waals surface area contributed by atoms with Crippen LogP contribution in [0.1, 0.15) is 11.1 Å². The van der Waals surface area contributed by atoms with Gasteiger partial charge in [-0.2, -0.15) is 43.9 Å². The van der Waals surface area contributed by atoms with Gasteiger partial charge in [-0.15, -0.1) is 0 Å². The lowest BCUT2D eigenvalue weighted by Gasteiger charge is -2.23. The first-order valence-electron chi connectivity index (χ1n) is 8.70. The molecule has 0 saturated heterocycles. The Labute approximate surface area is 209 Å². The zero-order chi connectivity index (χ0) is 27.3. The number of alkyl halides is 10. The molecular formula is C18H10Cl4F10N2O. The lowest BCUT2D eigenvalue weighted by molar-refractivity contribution is -0.281. The van der Waals surface area contributed by atoms with Crippen LogP contribution >= 0.6 is 46.4 Å². The monoisotopic (exact) mass is 600 g/mol. The topological polar surface area (TPSA) is 61.3 Å². The Morgan fingerprint density at radius 3 is 1.14 bits per heavy atom. The van der Waals surface area contributed by atoms with Gasteiger partial charge in [0.15, 0.2) is 0 Å². The normalized spacial score (nSPS) is 13.3. The number of anilines is 2. The van der Waals surface area contributed by atoms with Crippen molar-refractivity contribution in [2.45, 2.75) is 37.0 Å². The van der Waals surface area contributed by atoms with Crippen LogP contribution in [0.5, 0.6) is 11.5 Å². The first kappa shape index (κ1) is 29.5. The summed E-state index contributed by atoms with van der Waals surface area (Å²) in [4.78, 5) is 0. The number of nitrogen functional groups attached to an aromatic ring is 2. The van der Waals surface area contributed by atoms with Crippen LogP contribution < -0.4 is 16.2 Å². The summed E-state index contributed by atoms with van der Waals surface area (Å²) in [5, 5.41) is -3.00. The molecule has 0 aliphatic rings. The summed E-state index contributed by atoms with van der Waals surface area (Å²) in [6.45, 7) is 0. The van der Waals surface area contributed by atoms with Gasteiger partial charge in [-0.1, -0.05) is 46.4 Å². The van der Waals surface area contributed by atoms with Crippen LogP contribution in [-0.4, -0.2) is 24.2 Å². The molecule has 2 aromatic carbocycles. The molecule has 0 fully saturated rings. The Morgan fingerprint density at radius 2 is 0.886 bits per heavy atom. The zero-order valence-electron chi connectivity index (χ0n) is 16.4. The molecule has 35 heavy (non-hydrogen) atoms. The minimum absolute atomic E-state index is 0.598. The molecule has 0 atom stereocenters. The van der Waals surface area contributed by atoms with Gasteiger partial charge in [0, 0.05) is 36.1 Å². The minimum atomic E-state index is -5.99. The summed E-state index contributed by atoms with van der Waals surface area (Å²) >= 11 is 23.3. The SMILES string of the molecule is Nc1c(Cl)cc(Oc2cc(Cl)c(N)c(CC(F)(F)C(F)(F)F)c2Cl)c(Cl)c1CC(F)(F)C(F)(F)F. The van der Waals surface area contributed by atoms with Gasteiger partial charge >= 0.3 is 24.2 Å². The predicted octanol–water partition coefficient (Wildman–Crippen LogP) is 8.74. The summed E-state index contributed by atoms with van der Waals surface area (Å²) in [5.41, 5.74) is 7.48. The van der Waals surface area contributed by atoms with E-state index in [2.05, 4.69) is 0 Å². The molecule has 0 amide bonds. The highest BCUT2D eigenvalue weighted by molar-refractivity contribution is 6.38. The average molecular weight is 602 g/mol. The van der Waals surface area contributed by atoms with Crippen molar-refractivity contribution in [2.24, 2.45) is 0 Å². The van der Waals surface area contributed by atoms with Crippen LogP contribution in [0.15, 0.2) is 12.1 Å². The van der Waals surface area contributed by atoms with Crippen molar-refractivity contribution in [1.82, 2.24) is 0 Å². The van der Waals surface area contributed by atoms with Gasteiger partial charge in [-0.3, -0.25) is 0 Å². The number of hydrogen-bond donors (Lipinski definition) is 2. The maximum absolute atomic E-state index is 13.6. The molecular weight excluding hydrogens is 592 g/mol. The molecule has 17 heteroatoms. The Bertz CT molecular complexity index is 1050. The van der Waals surface area contributed by atoms with Crippen LogP contribution in [0.25, 0.3) is 0 Å². The third-order valence-corrected chi connectivity index (χ3v) is 5.94. The van der Waals surface area contributed by atoms with E-state index in [4.69, 9.17) is 62.6 Å². The summed E-state index contributed by atoms with van der Waals surface area (Å²) < 4.78 is 135. The molecule has 4 N–H and O–H groups in total. The molecule has 0 aromatic heterocycles. The molecule has 0 heterocycles. The fourth-order valence-electron chi connectivity index (χ4n) is 2.59. The Balaban J connectivity index is 2.60. The first-order valence-corrected chi connectivity index (χ1v) is 10.2. The van der Waals surface area contributed by atoms with Crippen LogP contribution in [0, 0.1) is 0 Å². The van der Waals surface area contributed by atoms with Gasteiger partial charge in [-0.05, 0) is 0 Å². The quantitative estimate of drug-likeness (QED) is 0.257. The van der Waals surface area contributed by atoms with Crippen molar-refractivity contribution >= 4 is 57.8 Å². The molecule has 3 nitrogen and oxygen atoms in total. The smallest absolute Gasteiger partial charge is 0.453 e. The van der Waals surface area contributed by atoms with Gasteiger partial charge in [0.1, 0.15) is 11.5 Å². The Kier molecular flexibility index (Phi) is 8.13. The van der Waals surface area contributed by atoms with E-state index < -0.39 is 91.1 Å². The number of benzene rings is 2. The number of halogens is 14. The lowest BCUT2D eigenvalue weighted by Crippen LogP contribution is -2.38. The van der Waals surface area contributed by atoms with E-state index in [9.17, 15) is 43.9 Å². The largest absolute Gasteiger partial charge is 0.454 e. The third kappa shape index (κ3) is 6.00. The predicted molar refractivity (Wildman–Crippen MR) is 111 cm³/mol. The van der Waals surface area contributed by atoms with E-state index in [1.807, 2.05) is 0 Å². The van der Waals surface area contributed by atoms with E-state index in [1.54, 1.807) is 0 Å². The molecule has 2 rings (SSSR count). The van der Waals surface area contributed by atoms with Crippen molar-refractivity contribution in [2.75, 3.05) is 11.5 Å². The second kappa shape index (κ2) is 9.64. The van der Waals surface area contributed by atoms with E-state index in [0.29, 0.717) is 0 Å². The number of nitrogens with two attached hydrogens (primary N) is 2. The van der Waals surface area contributed by atoms with Crippen molar-refractivity contribution in [3.63, 3.8) is 0 Å². The highest BCUT2D eigenvalue weighted by Crippen LogP contribution is 2.49. The summed E-state index contributed by atoms with van der Waals surface area (Å²) in [5.74, 6) is -12.1. The molecule has 0 aliphatic carbocycles. The Morgan fingerprint density at radius 1 is 0.600 bits per heavy atom.